The molecule has 4 rings (SSSR count). The minimum absolute atomic E-state index is 0.00966. The fourth-order valence-corrected chi connectivity index (χ4v) is 4.94. The fourth-order valence-electron chi connectivity index (χ4n) is 4.94. The molecular weight excluding hydrogens is 371 g/mol. The van der Waals surface area contributed by atoms with Gasteiger partial charge < -0.3 is 9.80 Å². The van der Waals surface area contributed by atoms with Gasteiger partial charge in [-0.1, -0.05) is 25.0 Å². The average Bonchev–Trinajstić information content (AvgIpc) is 3.25. The average molecular weight is 398 g/mol. The predicted octanol–water partition coefficient (Wildman–Crippen LogP) is 2.96. The Morgan fingerprint density at radius 3 is 2.66 bits per heavy atom. The van der Waals surface area contributed by atoms with Crippen molar-refractivity contribution in [2.75, 3.05) is 13.1 Å². The number of hydrogen-bond acceptors (Lipinski definition) is 3. The van der Waals surface area contributed by atoms with Crippen molar-refractivity contribution in [3.8, 4) is 0 Å². The van der Waals surface area contributed by atoms with E-state index < -0.39 is 0 Å². The summed E-state index contributed by atoms with van der Waals surface area (Å²) >= 11 is 0. The van der Waals surface area contributed by atoms with Crippen molar-refractivity contribution < 1.29 is 14.0 Å². The second kappa shape index (κ2) is 7.97. The molecular formula is C22H27FN4O2. The lowest BCUT2D eigenvalue weighted by molar-refractivity contribution is -0.132. The van der Waals surface area contributed by atoms with Crippen LogP contribution in [0.2, 0.25) is 0 Å². The largest absolute Gasteiger partial charge is 0.337 e. The highest BCUT2D eigenvalue weighted by Gasteiger charge is 2.48. The van der Waals surface area contributed by atoms with Crippen LogP contribution in [0.25, 0.3) is 0 Å². The third-order valence-corrected chi connectivity index (χ3v) is 6.23. The summed E-state index contributed by atoms with van der Waals surface area (Å²) in [4.78, 5) is 29.6. The number of carbonyl (C=O) groups is 2. The van der Waals surface area contributed by atoms with Crippen molar-refractivity contribution in [1.82, 2.24) is 19.6 Å². The number of nitrogens with zero attached hydrogens (tertiary/aromatic N) is 4. The first-order chi connectivity index (χ1) is 14.0. The number of benzene rings is 1. The quantitative estimate of drug-likeness (QED) is 0.782. The van der Waals surface area contributed by atoms with E-state index in [1.807, 2.05) is 15.9 Å². The van der Waals surface area contributed by atoms with Crippen LogP contribution in [-0.2, 0) is 11.8 Å². The third kappa shape index (κ3) is 3.78. The summed E-state index contributed by atoms with van der Waals surface area (Å²) in [6.07, 6.45) is 5.58. The summed E-state index contributed by atoms with van der Waals surface area (Å²) in [5.74, 6) is -0.529. The Bertz CT molecular complexity index is 912. The first-order valence-corrected chi connectivity index (χ1v) is 10.3. The van der Waals surface area contributed by atoms with Crippen LogP contribution < -0.4 is 0 Å². The van der Waals surface area contributed by atoms with Gasteiger partial charge in [0.15, 0.2) is 0 Å². The Morgan fingerprint density at radius 1 is 1.14 bits per heavy atom. The van der Waals surface area contributed by atoms with Crippen molar-refractivity contribution in [3.63, 3.8) is 0 Å². The van der Waals surface area contributed by atoms with Crippen LogP contribution in [0.3, 0.4) is 0 Å². The van der Waals surface area contributed by atoms with Crippen LogP contribution >= 0.6 is 0 Å². The van der Waals surface area contributed by atoms with Gasteiger partial charge in [-0.25, -0.2) is 4.39 Å². The van der Waals surface area contributed by atoms with Crippen LogP contribution in [-0.4, -0.2) is 56.6 Å². The van der Waals surface area contributed by atoms with E-state index in [0.717, 1.165) is 31.2 Å². The number of likely N-dealkylation sites (tertiary alicyclic amines) is 2. The summed E-state index contributed by atoms with van der Waals surface area (Å²) in [6.45, 7) is 2.72. The Labute approximate surface area is 170 Å². The number of aryl methyl sites for hydroxylation is 1. The van der Waals surface area contributed by atoms with Crippen LogP contribution in [0.4, 0.5) is 4.39 Å². The molecule has 2 amide bonds. The minimum atomic E-state index is -0.297. The lowest BCUT2D eigenvalue weighted by atomic mass is 9.86. The molecule has 2 fully saturated rings. The molecule has 3 atom stereocenters. The molecule has 154 valence electrons. The van der Waals surface area contributed by atoms with Crippen LogP contribution in [0, 0.1) is 5.82 Å². The molecule has 1 aromatic carbocycles. The highest BCUT2D eigenvalue weighted by molar-refractivity contribution is 5.93. The number of carbonyl (C=O) groups excluding carboxylic acids is 2. The fraction of sp³-hybridized carbons (Fsp3) is 0.500. The molecule has 29 heavy (non-hydrogen) atoms. The van der Waals surface area contributed by atoms with Gasteiger partial charge in [0.25, 0.3) is 5.91 Å². The molecule has 2 saturated heterocycles. The SMILES string of the molecule is CC(=O)N1CCCCC[C@@H]2[C@@H]1[C@H](c1cccc(F)c1)CN2C(=O)c1ccn(C)n1. The lowest BCUT2D eigenvalue weighted by Gasteiger charge is -2.38. The van der Waals surface area contributed by atoms with Crippen molar-refractivity contribution in [1.29, 1.82) is 0 Å². The molecule has 2 aliphatic rings. The number of hydrogen-bond donors (Lipinski definition) is 0. The summed E-state index contributed by atoms with van der Waals surface area (Å²) in [6, 6.07) is 8.03. The van der Waals surface area contributed by atoms with E-state index >= 15 is 0 Å². The second-order valence-electron chi connectivity index (χ2n) is 8.11. The van der Waals surface area contributed by atoms with Gasteiger partial charge in [-0.05, 0) is 36.6 Å². The molecule has 2 aliphatic heterocycles. The van der Waals surface area contributed by atoms with E-state index in [-0.39, 0.29) is 35.6 Å². The number of rotatable bonds is 2. The molecule has 0 bridgehead atoms. The lowest BCUT2D eigenvalue weighted by Crippen LogP contribution is -2.51. The molecule has 3 heterocycles. The van der Waals surface area contributed by atoms with Gasteiger partial charge >= 0.3 is 0 Å². The van der Waals surface area contributed by atoms with Gasteiger partial charge in [0.2, 0.25) is 5.91 Å². The molecule has 0 N–H and O–H groups in total. The molecule has 0 aliphatic carbocycles. The van der Waals surface area contributed by atoms with Crippen molar-refractivity contribution in [2.45, 2.75) is 50.6 Å². The Morgan fingerprint density at radius 2 is 1.97 bits per heavy atom. The molecule has 0 spiro atoms. The molecule has 2 aromatic rings. The van der Waals surface area contributed by atoms with Crippen LogP contribution in [0.15, 0.2) is 36.5 Å². The molecule has 0 radical (unpaired) electrons. The molecule has 7 heteroatoms. The van der Waals surface area contributed by atoms with E-state index in [0.29, 0.717) is 18.8 Å². The summed E-state index contributed by atoms with van der Waals surface area (Å²) in [5, 5.41) is 4.29. The third-order valence-electron chi connectivity index (χ3n) is 6.23. The van der Waals surface area contributed by atoms with Gasteiger partial charge in [0, 0.05) is 39.2 Å². The van der Waals surface area contributed by atoms with Crippen molar-refractivity contribution in [2.24, 2.45) is 7.05 Å². The van der Waals surface area contributed by atoms with Crippen molar-refractivity contribution in [3.05, 3.63) is 53.6 Å². The maximum Gasteiger partial charge on any atom is 0.274 e. The topological polar surface area (TPSA) is 58.4 Å². The maximum absolute atomic E-state index is 14.0. The highest BCUT2D eigenvalue weighted by Crippen LogP contribution is 2.40. The first-order valence-electron chi connectivity index (χ1n) is 10.3. The van der Waals surface area contributed by atoms with Gasteiger partial charge in [0.1, 0.15) is 11.5 Å². The van der Waals surface area contributed by atoms with E-state index in [1.165, 1.54) is 12.1 Å². The van der Waals surface area contributed by atoms with E-state index in [2.05, 4.69) is 5.10 Å². The smallest absolute Gasteiger partial charge is 0.274 e. The van der Waals surface area contributed by atoms with Gasteiger partial charge in [-0.3, -0.25) is 14.3 Å². The summed E-state index contributed by atoms with van der Waals surface area (Å²) in [5.41, 5.74) is 1.24. The predicted molar refractivity (Wildman–Crippen MR) is 107 cm³/mol. The van der Waals surface area contributed by atoms with Crippen molar-refractivity contribution >= 4 is 11.8 Å². The molecule has 1 aromatic heterocycles. The zero-order valence-corrected chi connectivity index (χ0v) is 16.9. The second-order valence-corrected chi connectivity index (χ2v) is 8.11. The van der Waals surface area contributed by atoms with E-state index in [4.69, 9.17) is 0 Å². The van der Waals surface area contributed by atoms with Crippen LogP contribution in [0.1, 0.15) is 54.6 Å². The maximum atomic E-state index is 14.0. The van der Waals surface area contributed by atoms with Crippen LogP contribution in [0.5, 0.6) is 0 Å². The Kier molecular flexibility index (Phi) is 5.39. The monoisotopic (exact) mass is 398 g/mol. The molecule has 0 saturated carbocycles. The number of aromatic nitrogens is 2. The highest BCUT2D eigenvalue weighted by atomic mass is 19.1. The number of fused-ring (bicyclic) bond motifs is 1. The van der Waals surface area contributed by atoms with E-state index in [9.17, 15) is 14.0 Å². The Hall–Kier alpha value is -2.70. The zero-order valence-electron chi connectivity index (χ0n) is 16.9. The summed E-state index contributed by atoms with van der Waals surface area (Å²) < 4.78 is 15.6. The van der Waals surface area contributed by atoms with Gasteiger partial charge in [0.05, 0.1) is 12.1 Å². The minimum Gasteiger partial charge on any atom is -0.337 e. The Balaban J connectivity index is 1.75. The number of amides is 2. The first kappa shape index (κ1) is 19.6. The van der Waals surface area contributed by atoms with Gasteiger partial charge in [-0.15, -0.1) is 0 Å². The molecule has 6 nitrogen and oxygen atoms in total. The number of halogens is 1. The standard InChI is InChI=1S/C22H27FN4O2/c1-15(28)26-11-5-3-4-9-20-21(26)18(16-7-6-8-17(23)13-16)14-27(20)22(29)19-10-12-25(2)24-19/h6-8,10,12-13,18,20-21H,3-5,9,11,14H2,1-2H3/t18-,20+,21-/m0/s1. The summed E-state index contributed by atoms with van der Waals surface area (Å²) in [7, 11) is 1.78. The molecule has 0 unspecified atom stereocenters. The van der Waals surface area contributed by atoms with Gasteiger partial charge in [-0.2, -0.15) is 5.10 Å². The normalized spacial score (nSPS) is 24.7. The zero-order chi connectivity index (χ0) is 20.5. The van der Waals surface area contributed by atoms with E-state index in [1.54, 1.807) is 37.0 Å².